The number of likely N-dealkylation sites (tertiary alicyclic amines) is 1. The SMILES string of the molecule is CN=C(NCC1CCN(C)C1)N(C)CCc1cccs1.I. The van der Waals surface area contributed by atoms with Crippen molar-refractivity contribution in [3.05, 3.63) is 22.4 Å². The van der Waals surface area contributed by atoms with Gasteiger partial charge in [-0.2, -0.15) is 0 Å². The molecule has 2 heterocycles. The Bertz CT molecular complexity index is 421. The van der Waals surface area contributed by atoms with E-state index in [4.69, 9.17) is 0 Å². The number of nitrogens with one attached hydrogen (secondary N) is 1. The Hall–Kier alpha value is -0.340. The second-order valence-corrected chi connectivity index (χ2v) is 6.63. The lowest BCUT2D eigenvalue weighted by Gasteiger charge is -2.23. The first kappa shape index (κ1) is 18.7. The van der Waals surface area contributed by atoms with Crippen molar-refractivity contribution in [3.63, 3.8) is 0 Å². The average Bonchev–Trinajstić information content (AvgIpc) is 3.08. The molecule has 0 spiro atoms. The summed E-state index contributed by atoms with van der Waals surface area (Å²) in [4.78, 5) is 10.4. The van der Waals surface area contributed by atoms with Crippen molar-refractivity contribution in [2.45, 2.75) is 12.8 Å². The summed E-state index contributed by atoms with van der Waals surface area (Å²) in [5.74, 6) is 1.76. The van der Waals surface area contributed by atoms with Gasteiger partial charge in [0.15, 0.2) is 5.96 Å². The van der Waals surface area contributed by atoms with E-state index in [-0.39, 0.29) is 24.0 Å². The fraction of sp³-hybridized carbons (Fsp3) is 0.667. The molecule has 120 valence electrons. The highest BCUT2D eigenvalue weighted by atomic mass is 127. The van der Waals surface area contributed by atoms with E-state index in [1.807, 2.05) is 18.4 Å². The van der Waals surface area contributed by atoms with Gasteiger partial charge in [-0.1, -0.05) is 6.07 Å². The quantitative estimate of drug-likeness (QED) is 0.449. The van der Waals surface area contributed by atoms with E-state index in [0.29, 0.717) is 0 Å². The zero-order valence-corrected chi connectivity index (χ0v) is 16.4. The Balaban J connectivity index is 0.00000220. The molecule has 0 aromatic carbocycles. The minimum atomic E-state index is 0. The van der Waals surface area contributed by atoms with Crippen LogP contribution in [0, 0.1) is 5.92 Å². The fourth-order valence-corrected chi connectivity index (χ4v) is 3.35. The van der Waals surface area contributed by atoms with Crippen LogP contribution in [0.25, 0.3) is 0 Å². The summed E-state index contributed by atoms with van der Waals surface area (Å²) >= 11 is 1.83. The maximum Gasteiger partial charge on any atom is 0.193 e. The molecule has 0 bridgehead atoms. The first-order valence-corrected chi connectivity index (χ1v) is 8.19. The lowest BCUT2D eigenvalue weighted by atomic mass is 10.1. The third kappa shape index (κ3) is 6.12. The number of thiophene rings is 1. The van der Waals surface area contributed by atoms with Crippen molar-refractivity contribution >= 4 is 41.3 Å². The van der Waals surface area contributed by atoms with Gasteiger partial charge in [-0.05, 0) is 43.8 Å². The zero-order chi connectivity index (χ0) is 14.4. The van der Waals surface area contributed by atoms with Crippen LogP contribution in [0.1, 0.15) is 11.3 Å². The third-order valence-electron chi connectivity index (χ3n) is 3.88. The molecule has 1 N–H and O–H groups in total. The molecular formula is C15H27IN4S. The third-order valence-corrected chi connectivity index (χ3v) is 4.82. The predicted octanol–water partition coefficient (Wildman–Crippen LogP) is 2.37. The van der Waals surface area contributed by atoms with E-state index in [1.54, 1.807) is 0 Å². The average molecular weight is 422 g/mol. The first-order chi connectivity index (χ1) is 9.69. The normalized spacial score (nSPS) is 19.4. The molecule has 6 heteroatoms. The van der Waals surface area contributed by atoms with E-state index in [0.717, 1.165) is 31.4 Å². The van der Waals surface area contributed by atoms with Gasteiger partial charge in [0.05, 0.1) is 0 Å². The van der Waals surface area contributed by atoms with Gasteiger partial charge in [0.1, 0.15) is 0 Å². The molecule has 0 radical (unpaired) electrons. The molecule has 0 amide bonds. The standard InChI is InChI=1S/C15H26N4S.HI/c1-16-15(17-11-13-6-8-18(2)12-13)19(3)9-7-14-5-4-10-20-14;/h4-5,10,13H,6-9,11-12H2,1-3H3,(H,16,17);1H. The number of rotatable bonds is 5. The van der Waals surface area contributed by atoms with Crippen LogP contribution in [0.2, 0.25) is 0 Å². The van der Waals surface area contributed by atoms with E-state index in [1.165, 1.54) is 24.4 Å². The fourth-order valence-electron chi connectivity index (χ4n) is 2.65. The maximum atomic E-state index is 4.39. The molecule has 1 aliphatic heterocycles. The first-order valence-electron chi connectivity index (χ1n) is 7.31. The van der Waals surface area contributed by atoms with Gasteiger partial charge >= 0.3 is 0 Å². The largest absolute Gasteiger partial charge is 0.356 e. The van der Waals surface area contributed by atoms with Crippen LogP contribution >= 0.6 is 35.3 Å². The van der Waals surface area contributed by atoms with Crippen LogP contribution in [0.3, 0.4) is 0 Å². The Morgan fingerprint density at radius 2 is 2.38 bits per heavy atom. The minimum absolute atomic E-state index is 0. The number of hydrogen-bond donors (Lipinski definition) is 1. The molecule has 21 heavy (non-hydrogen) atoms. The number of nitrogens with zero attached hydrogens (tertiary/aromatic N) is 3. The van der Waals surface area contributed by atoms with E-state index < -0.39 is 0 Å². The molecule has 4 nitrogen and oxygen atoms in total. The zero-order valence-electron chi connectivity index (χ0n) is 13.2. The molecule has 1 fully saturated rings. The molecular weight excluding hydrogens is 395 g/mol. The van der Waals surface area contributed by atoms with Gasteiger partial charge in [-0.25, -0.2) is 0 Å². The summed E-state index contributed by atoms with van der Waals surface area (Å²) in [7, 11) is 6.18. The highest BCUT2D eigenvalue weighted by Gasteiger charge is 2.19. The number of halogens is 1. The molecule has 1 aromatic heterocycles. The second kappa shape index (κ2) is 9.63. The number of likely N-dealkylation sites (N-methyl/N-ethyl adjacent to an activating group) is 1. The Kier molecular flexibility index (Phi) is 8.58. The highest BCUT2D eigenvalue weighted by Crippen LogP contribution is 2.13. The lowest BCUT2D eigenvalue weighted by molar-refractivity contribution is 0.391. The predicted molar refractivity (Wildman–Crippen MR) is 103 cm³/mol. The van der Waals surface area contributed by atoms with Crippen LogP contribution in [-0.2, 0) is 6.42 Å². The second-order valence-electron chi connectivity index (χ2n) is 5.60. The minimum Gasteiger partial charge on any atom is -0.356 e. The van der Waals surface area contributed by atoms with Gasteiger partial charge in [-0.15, -0.1) is 35.3 Å². The van der Waals surface area contributed by atoms with Gasteiger partial charge in [-0.3, -0.25) is 4.99 Å². The van der Waals surface area contributed by atoms with Crippen LogP contribution in [0.4, 0.5) is 0 Å². The Morgan fingerprint density at radius 1 is 1.57 bits per heavy atom. The van der Waals surface area contributed by atoms with Crippen LogP contribution in [0.15, 0.2) is 22.5 Å². The van der Waals surface area contributed by atoms with Crippen molar-refractivity contribution in [1.29, 1.82) is 0 Å². The Labute approximate surface area is 149 Å². The topological polar surface area (TPSA) is 30.9 Å². The van der Waals surface area contributed by atoms with E-state index in [2.05, 4.69) is 51.7 Å². The van der Waals surface area contributed by atoms with Crippen molar-refractivity contribution in [2.75, 3.05) is 47.3 Å². The number of aliphatic imine (C=N–C) groups is 1. The summed E-state index contributed by atoms with van der Waals surface area (Å²) < 4.78 is 0. The molecule has 0 saturated carbocycles. The van der Waals surface area contributed by atoms with Gasteiger partial charge < -0.3 is 15.1 Å². The maximum absolute atomic E-state index is 4.39. The molecule has 1 unspecified atom stereocenters. The van der Waals surface area contributed by atoms with Crippen LogP contribution in [-0.4, -0.2) is 63.1 Å². The smallest absolute Gasteiger partial charge is 0.193 e. The molecule has 1 atom stereocenters. The summed E-state index contributed by atoms with van der Waals surface area (Å²) in [5.41, 5.74) is 0. The number of guanidine groups is 1. The highest BCUT2D eigenvalue weighted by molar-refractivity contribution is 14.0. The van der Waals surface area contributed by atoms with Gasteiger partial charge in [0.25, 0.3) is 0 Å². The van der Waals surface area contributed by atoms with E-state index in [9.17, 15) is 0 Å². The molecule has 2 rings (SSSR count). The molecule has 0 aliphatic carbocycles. The lowest BCUT2D eigenvalue weighted by Crippen LogP contribution is -2.42. The van der Waals surface area contributed by atoms with Crippen LogP contribution < -0.4 is 5.32 Å². The van der Waals surface area contributed by atoms with Crippen molar-refractivity contribution in [3.8, 4) is 0 Å². The molecule has 1 aliphatic rings. The Morgan fingerprint density at radius 3 is 2.95 bits per heavy atom. The van der Waals surface area contributed by atoms with Gasteiger partial charge in [0, 0.05) is 38.6 Å². The van der Waals surface area contributed by atoms with Gasteiger partial charge in [0.2, 0.25) is 0 Å². The summed E-state index contributed by atoms with van der Waals surface area (Å²) in [6.07, 6.45) is 2.38. The van der Waals surface area contributed by atoms with Crippen molar-refractivity contribution in [2.24, 2.45) is 10.9 Å². The molecule has 1 saturated heterocycles. The van der Waals surface area contributed by atoms with Crippen LogP contribution in [0.5, 0.6) is 0 Å². The number of hydrogen-bond acceptors (Lipinski definition) is 3. The molecule has 1 aromatic rings. The monoisotopic (exact) mass is 422 g/mol. The van der Waals surface area contributed by atoms with Crippen molar-refractivity contribution in [1.82, 2.24) is 15.1 Å². The van der Waals surface area contributed by atoms with E-state index >= 15 is 0 Å². The summed E-state index contributed by atoms with van der Waals surface area (Å²) in [6.45, 7) is 4.45. The van der Waals surface area contributed by atoms with Crippen molar-refractivity contribution < 1.29 is 0 Å². The summed E-state index contributed by atoms with van der Waals surface area (Å²) in [5, 5.41) is 5.65. The summed E-state index contributed by atoms with van der Waals surface area (Å²) in [6, 6.07) is 4.31.